The van der Waals surface area contributed by atoms with Crippen molar-refractivity contribution in [3.05, 3.63) is 69.4 Å². The van der Waals surface area contributed by atoms with Gasteiger partial charge in [0, 0.05) is 34.9 Å². The Kier molecular flexibility index (Phi) is 4.76. The van der Waals surface area contributed by atoms with E-state index in [1.165, 1.54) is 33.7 Å². The second kappa shape index (κ2) is 6.83. The summed E-state index contributed by atoms with van der Waals surface area (Å²) in [7, 11) is 0. The van der Waals surface area contributed by atoms with Crippen LogP contribution in [0.25, 0.3) is 5.57 Å². The largest absolute Gasteiger partial charge is 0.358 e. The molecule has 0 saturated heterocycles. The highest BCUT2D eigenvalue weighted by atomic mass is 14.8. The van der Waals surface area contributed by atoms with Crippen LogP contribution in [0.5, 0.6) is 0 Å². The number of aromatic amines is 1. The number of hydrogen-bond acceptors (Lipinski definition) is 2. The SMILES string of the molecule is CCC1=C(C)C(=C(c2cccnc2)c2[nH]c(C)c(CC)c2C)N=C1C. The molecule has 1 aliphatic rings. The van der Waals surface area contributed by atoms with Crippen molar-refractivity contribution in [2.45, 2.75) is 54.4 Å². The number of allylic oxidation sites excluding steroid dienone is 2. The summed E-state index contributed by atoms with van der Waals surface area (Å²) in [6, 6.07) is 4.12. The molecule has 1 N–H and O–H groups in total. The molecule has 0 amide bonds. The number of rotatable bonds is 4. The highest BCUT2D eigenvalue weighted by molar-refractivity contribution is 6.05. The van der Waals surface area contributed by atoms with Crippen molar-refractivity contribution in [1.29, 1.82) is 0 Å². The van der Waals surface area contributed by atoms with Gasteiger partial charge in [0.2, 0.25) is 0 Å². The maximum absolute atomic E-state index is 4.96. The quantitative estimate of drug-likeness (QED) is 0.783. The molecule has 25 heavy (non-hydrogen) atoms. The molecule has 1 aliphatic heterocycles. The van der Waals surface area contributed by atoms with Gasteiger partial charge < -0.3 is 4.98 Å². The van der Waals surface area contributed by atoms with E-state index in [1.54, 1.807) is 0 Å². The second-order valence-corrected chi connectivity index (χ2v) is 6.70. The zero-order valence-corrected chi connectivity index (χ0v) is 16.1. The summed E-state index contributed by atoms with van der Waals surface area (Å²) in [5.74, 6) is 0. The number of aryl methyl sites for hydroxylation is 1. The number of pyridine rings is 1. The van der Waals surface area contributed by atoms with Gasteiger partial charge in [0.1, 0.15) is 0 Å². The van der Waals surface area contributed by atoms with E-state index in [-0.39, 0.29) is 0 Å². The minimum Gasteiger partial charge on any atom is -0.358 e. The van der Waals surface area contributed by atoms with Gasteiger partial charge in [0.15, 0.2) is 0 Å². The number of hydrogen-bond donors (Lipinski definition) is 1. The van der Waals surface area contributed by atoms with Crippen molar-refractivity contribution in [2.24, 2.45) is 4.99 Å². The molecule has 3 rings (SSSR count). The Morgan fingerprint density at radius 1 is 1.08 bits per heavy atom. The molecule has 0 aromatic carbocycles. The first-order valence-corrected chi connectivity index (χ1v) is 9.08. The molecule has 0 radical (unpaired) electrons. The highest BCUT2D eigenvalue weighted by Crippen LogP contribution is 2.38. The summed E-state index contributed by atoms with van der Waals surface area (Å²) in [5, 5.41) is 0. The summed E-state index contributed by atoms with van der Waals surface area (Å²) < 4.78 is 0. The van der Waals surface area contributed by atoms with Gasteiger partial charge in [-0.25, -0.2) is 0 Å². The molecular formula is C22H27N3. The van der Waals surface area contributed by atoms with E-state index < -0.39 is 0 Å². The highest BCUT2D eigenvalue weighted by Gasteiger charge is 2.24. The van der Waals surface area contributed by atoms with Crippen LogP contribution in [0.4, 0.5) is 0 Å². The molecule has 0 atom stereocenters. The van der Waals surface area contributed by atoms with Crippen molar-refractivity contribution in [1.82, 2.24) is 9.97 Å². The van der Waals surface area contributed by atoms with Gasteiger partial charge in [-0.05, 0) is 68.9 Å². The van der Waals surface area contributed by atoms with Crippen LogP contribution in [0.15, 0.2) is 46.4 Å². The third-order valence-electron chi connectivity index (χ3n) is 5.26. The molecule has 0 unspecified atom stereocenters. The van der Waals surface area contributed by atoms with E-state index in [0.29, 0.717) is 0 Å². The Labute approximate surface area is 150 Å². The number of aliphatic imine (C=N–C) groups is 1. The van der Waals surface area contributed by atoms with Gasteiger partial charge in [-0.2, -0.15) is 0 Å². The molecule has 2 aromatic rings. The lowest BCUT2D eigenvalue weighted by Gasteiger charge is -2.12. The molecule has 3 heterocycles. The summed E-state index contributed by atoms with van der Waals surface area (Å²) in [5.41, 5.74) is 12.2. The molecule has 130 valence electrons. The van der Waals surface area contributed by atoms with Crippen LogP contribution in [-0.2, 0) is 6.42 Å². The van der Waals surface area contributed by atoms with Gasteiger partial charge in [-0.1, -0.05) is 19.9 Å². The lowest BCUT2D eigenvalue weighted by Crippen LogP contribution is -1.97. The van der Waals surface area contributed by atoms with Gasteiger partial charge in [0.05, 0.1) is 11.4 Å². The van der Waals surface area contributed by atoms with Crippen molar-refractivity contribution in [2.75, 3.05) is 0 Å². The van der Waals surface area contributed by atoms with Crippen molar-refractivity contribution in [3.8, 4) is 0 Å². The minimum atomic E-state index is 1.01. The fourth-order valence-electron chi connectivity index (χ4n) is 3.98. The molecule has 3 heteroatoms. The van der Waals surface area contributed by atoms with E-state index in [2.05, 4.69) is 57.6 Å². The maximum atomic E-state index is 4.96. The first kappa shape index (κ1) is 17.4. The monoisotopic (exact) mass is 333 g/mol. The van der Waals surface area contributed by atoms with Crippen LogP contribution in [0.3, 0.4) is 0 Å². The average Bonchev–Trinajstić information content (AvgIpc) is 3.05. The predicted molar refractivity (Wildman–Crippen MR) is 106 cm³/mol. The second-order valence-electron chi connectivity index (χ2n) is 6.70. The Morgan fingerprint density at radius 2 is 1.84 bits per heavy atom. The van der Waals surface area contributed by atoms with Gasteiger partial charge in [-0.3, -0.25) is 9.98 Å². The van der Waals surface area contributed by atoms with E-state index in [0.717, 1.165) is 35.4 Å². The molecule has 0 saturated carbocycles. The van der Waals surface area contributed by atoms with Gasteiger partial charge in [0.25, 0.3) is 0 Å². The molecular weight excluding hydrogens is 306 g/mol. The van der Waals surface area contributed by atoms with E-state index in [4.69, 9.17) is 4.99 Å². The zero-order chi connectivity index (χ0) is 18.1. The summed E-state index contributed by atoms with van der Waals surface area (Å²) in [4.78, 5) is 12.9. The fourth-order valence-corrected chi connectivity index (χ4v) is 3.98. The number of nitrogens with one attached hydrogen (secondary N) is 1. The number of nitrogens with zero attached hydrogens (tertiary/aromatic N) is 2. The topological polar surface area (TPSA) is 41.0 Å². The minimum absolute atomic E-state index is 1.01. The molecule has 0 bridgehead atoms. The Morgan fingerprint density at radius 3 is 2.36 bits per heavy atom. The van der Waals surface area contributed by atoms with Crippen LogP contribution in [0, 0.1) is 13.8 Å². The van der Waals surface area contributed by atoms with E-state index >= 15 is 0 Å². The van der Waals surface area contributed by atoms with Crippen LogP contribution in [0.2, 0.25) is 0 Å². The maximum Gasteiger partial charge on any atom is 0.0765 e. The van der Waals surface area contributed by atoms with Crippen molar-refractivity contribution in [3.63, 3.8) is 0 Å². The molecule has 3 nitrogen and oxygen atoms in total. The van der Waals surface area contributed by atoms with Crippen LogP contribution in [0.1, 0.15) is 62.2 Å². The first-order valence-electron chi connectivity index (χ1n) is 9.08. The third-order valence-corrected chi connectivity index (χ3v) is 5.26. The van der Waals surface area contributed by atoms with Crippen molar-refractivity contribution < 1.29 is 0 Å². The Hall–Kier alpha value is -2.42. The molecule has 0 spiro atoms. The summed E-state index contributed by atoms with van der Waals surface area (Å²) in [6.45, 7) is 13.1. The summed E-state index contributed by atoms with van der Waals surface area (Å²) in [6.07, 6.45) is 5.79. The third kappa shape index (κ3) is 2.88. The first-order chi connectivity index (χ1) is 12.0. The Balaban J connectivity index is 2.35. The van der Waals surface area contributed by atoms with E-state index in [1.807, 2.05) is 18.5 Å². The van der Waals surface area contributed by atoms with Crippen LogP contribution < -0.4 is 0 Å². The average molecular weight is 333 g/mol. The predicted octanol–water partition coefficient (Wildman–Crippen LogP) is 5.55. The van der Waals surface area contributed by atoms with Crippen LogP contribution >= 0.6 is 0 Å². The standard InChI is InChI=1S/C22H27N3/c1-7-18-13(3)21(24-15(18)5)20(17-10-9-11-23-12-17)22-14(4)19(8-2)16(6)25-22/h9-12,24H,7-8H2,1-6H3. The normalized spacial score (nSPS) is 16.5. The van der Waals surface area contributed by atoms with Crippen LogP contribution in [-0.4, -0.2) is 15.7 Å². The zero-order valence-electron chi connectivity index (χ0n) is 16.1. The number of aromatic nitrogens is 2. The molecule has 0 aliphatic carbocycles. The van der Waals surface area contributed by atoms with Crippen molar-refractivity contribution >= 4 is 11.3 Å². The number of H-pyrrole nitrogens is 1. The lowest BCUT2D eigenvalue weighted by atomic mass is 9.94. The smallest absolute Gasteiger partial charge is 0.0765 e. The van der Waals surface area contributed by atoms with Gasteiger partial charge in [-0.15, -0.1) is 0 Å². The molecule has 0 fully saturated rings. The van der Waals surface area contributed by atoms with Gasteiger partial charge >= 0.3 is 0 Å². The lowest BCUT2D eigenvalue weighted by molar-refractivity contribution is 1.08. The summed E-state index contributed by atoms with van der Waals surface area (Å²) >= 11 is 0. The van der Waals surface area contributed by atoms with E-state index in [9.17, 15) is 0 Å². The fraction of sp³-hybridized carbons (Fsp3) is 0.364. The Bertz CT molecular complexity index is 893. The molecule has 2 aromatic heterocycles.